The number of likely N-dealkylation sites (tertiary alicyclic amines) is 1. The van der Waals surface area contributed by atoms with Crippen molar-refractivity contribution in [2.24, 2.45) is 7.05 Å². The number of rotatable bonds is 5. The number of hydrogen-bond donors (Lipinski definition) is 1. The number of hydrogen-bond acceptors (Lipinski definition) is 5. The third-order valence-electron chi connectivity index (χ3n) is 3.41. The van der Waals surface area contributed by atoms with E-state index >= 15 is 0 Å². The zero-order valence-corrected chi connectivity index (χ0v) is 13.4. The van der Waals surface area contributed by atoms with E-state index in [2.05, 4.69) is 42.8 Å². The van der Waals surface area contributed by atoms with Gasteiger partial charge in [0.05, 0.1) is 0 Å². The largest absolute Gasteiger partial charge is 0.299 e. The molecule has 0 amide bonds. The molecule has 0 spiro atoms. The molecule has 2 heterocycles. The molecule has 1 saturated heterocycles. The number of likely N-dealkylation sites (N-methyl/N-ethyl adjacent to an activating group) is 1. The maximum Gasteiger partial charge on any atom is 0.260 e. The van der Waals surface area contributed by atoms with Crippen molar-refractivity contribution in [3.8, 4) is 0 Å². The fourth-order valence-electron chi connectivity index (χ4n) is 2.42. The van der Waals surface area contributed by atoms with Crippen LogP contribution >= 0.6 is 15.9 Å². The first kappa shape index (κ1) is 14.9. The van der Waals surface area contributed by atoms with Gasteiger partial charge < -0.3 is 0 Å². The summed E-state index contributed by atoms with van der Waals surface area (Å²) in [7, 11) is -2.03. The van der Waals surface area contributed by atoms with Crippen molar-refractivity contribution in [2.75, 3.05) is 19.6 Å². The lowest BCUT2D eigenvalue weighted by Crippen LogP contribution is -2.40. The first-order chi connectivity index (χ1) is 8.95. The topological polar surface area (TPSA) is 80.1 Å². The highest BCUT2D eigenvalue weighted by Gasteiger charge is 2.28. The lowest BCUT2D eigenvalue weighted by molar-refractivity contribution is 0.268. The van der Waals surface area contributed by atoms with Crippen molar-refractivity contribution in [3.05, 3.63) is 4.60 Å². The monoisotopic (exact) mass is 351 g/mol. The van der Waals surface area contributed by atoms with Gasteiger partial charge >= 0.3 is 0 Å². The van der Waals surface area contributed by atoms with Gasteiger partial charge in [-0.2, -0.15) is 0 Å². The molecule has 0 bridgehead atoms. The molecule has 1 atom stereocenters. The van der Waals surface area contributed by atoms with Crippen molar-refractivity contribution < 1.29 is 8.42 Å². The summed E-state index contributed by atoms with van der Waals surface area (Å²) in [5, 5.41) is 7.44. The van der Waals surface area contributed by atoms with Crippen LogP contribution in [0.3, 0.4) is 0 Å². The molecule has 7 nitrogen and oxygen atoms in total. The predicted molar refractivity (Wildman–Crippen MR) is 74.2 cm³/mol. The Morgan fingerprint density at radius 1 is 1.53 bits per heavy atom. The zero-order valence-electron chi connectivity index (χ0n) is 11.0. The van der Waals surface area contributed by atoms with Crippen LogP contribution in [0.1, 0.15) is 19.8 Å². The molecule has 108 valence electrons. The normalized spacial score (nSPS) is 21.1. The molecule has 1 fully saturated rings. The smallest absolute Gasteiger partial charge is 0.260 e. The van der Waals surface area contributed by atoms with Gasteiger partial charge in [0.25, 0.3) is 10.0 Å². The fraction of sp³-hybridized carbons (Fsp3) is 0.800. The van der Waals surface area contributed by atoms with Gasteiger partial charge in [0.15, 0.2) is 4.60 Å². The number of nitrogens with one attached hydrogen (secondary N) is 1. The zero-order chi connectivity index (χ0) is 14.0. The first-order valence-electron chi connectivity index (χ1n) is 6.24. The first-order valence-corrected chi connectivity index (χ1v) is 8.52. The molecule has 9 heteroatoms. The van der Waals surface area contributed by atoms with E-state index in [0.717, 1.165) is 25.9 Å². The highest BCUT2D eigenvalue weighted by Crippen LogP contribution is 2.19. The maximum absolute atomic E-state index is 12.2. The van der Waals surface area contributed by atoms with E-state index in [0.29, 0.717) is 6.54 Å². The summed E-state index contributed by atoms with van der Waals surface area (Å²) in [6.07, 6.45) is 2.15. The highest BCUT2D eigenvalue weighted by atomic mass is 79.9. The van der Waals surface area contributed by atoms with Crippen LogP contribution in [-0.2, 0) is 17.1 Å². The standard InChI is InChI=1S/C10H18BrN5O2S/c1-3-16-6-4-5-8(16)7-12-19(17,18)10-9(11)13-14-15(10)2/h8,12H,3-7H2,1-2H3. The molecule has 0 radical (unpaired) electrons. The minimum atomic E-state index is -3.58. The van der Waals surface area contributed by atoms with Crippen LogP contribution in [-0.4, -0.2) is 54.0 Å². The molecule has 1 N–H and O–H groups in total. The summed E-state index contributed by atoms with van der Waals surface area (Å²) in [5.74, 6) is 0. The Hall–Kier alpha value is -0.510. The number of sulfonamides is 1. The molecule has 1 unspecified atom stereocenters. The van der Waals surface area contributed by atoms with Gasteiger partial charge in [-0.1, -0.05) is 12.1 Å². The molecular formula is C10H18BrN5O2S. The van der Waals surface area contributed by atoms with Crippen molar-refractivity contribution in [3.63, 3.8) is 0 Å². The molecule has 0 aliphatic carbocycles. The van der Waals surface area contributed by atoms with E-state index in [4.69, 9.17) is 0 Å². The van der Waals surface area contributed by atoms with Crippen LogP contribution < -0.4 is 4.72 Å². The third kappa shape index (κ3) is 3.15. The SMILES string of the molecule is CCN1CCCC1CNS(=O)(=O)c1c(Br)nnn1C. The van der Waals surface area contributed by atoms with Crippen LogP contribution in [0, 0.1) is 0 Å². The summed E-state index contributed by atoms with van der Waals surface area (Å²) in [6, 6.07) is 0.278. The Kier molecular flexibility index (Phi) is 4.59. The molecule has 1 aliphatic rings. The predicted octanol–water partition coefficient (Wildman–Crippen LogP) is 0.340. The lowest BCUT2D eigenvalue weighted by Gasteiger charge is -2.22. The summed E-state index contributed by atoms with van der Waals surface area (Å²) < 4.78 is 28.6. The number of aryl methyl sites for hydroxylation is 1. The lowest BCUT2D eigenvalue weighted by atomic mass is 10.2. The summed E-state index contributed by atoms with van der Waals surface area (Å²) in [5.41, 5.74) is 0. The van der Waals surface area contributed by atoms with E-state index < -0.39 is 10.0 Å². The molecule has 1 aromatic rings. The minimum absolute atomic E-state index is 0.0635. The van der Waals surface area contributed by atoms with E-state index in [1.54, 1.807) is 7.05 Å². The Morgan fingerprint density at radius 3 is 2.84 bits per heavy atom. The van der Waals surface area contributed by atoms with E-state index in [1.165, 1.54) is 4.68 Å². The second kappa shape index (κ2) is 5.86. The van der Waals surface area contributed by atoms with E-state index in [9.17, 15) is 8.42 Å². The Labute approximate surface area is 121 Å². The Morgan fingerprint density at radius 2 is 2.26 bits per heavy atom. The highest BCUT2D eigenvalue weighted by molar-refractivity contribution is 9.10. The quantitative estimate of drug-likeness (QED) is 0.827. The minimum Gasteiger partial charge on any atom is -0.299 e. The van der Waals surface area contributed by atoms with Crippen molar-refractivity contribution in [1.82, 2.24) is 24.6 Å². The van der Waals surface area contributed by atoms with Gasteiger partial charge in [-0.3, -0.25) is 4.90 Å². The summed E-state index contributed by atoms with van der Waals surface area (Å²) >= 11 is 3.11. The van der Waals surface area contributed by atoms with Crippen LogP contribution in [0.5, 0.6) is 0 Å². The number of nitrogens with zero attached hydrogens (tertiary/aromatic N) is 4. The Balaban J connectivity index is 2.06. The molecule has 2 rings (SSSR count). The van der Waals surface area contributed by atoms with Crippen molar-refractivity contribution in [2.45, 2.75) is 30.8 Å². The van der Waals surface area contributed by atoms with Gasteiger partial charge in [-0.25, -0.2) is 17.8 Å². The Bertz CT molecular complexity index is 525. The van der Waals surface area contributed by atoms with Gasteiger partial charge in [0.1, 0.15) is 0 Å². The molecule has 1 aliphatic heterocycles. The van der Waals surface area contributed by atoms with Crippen LogP contribution in [0.2, 0.25) is 0 Å². The third-order valence-corrected chi connectivity index (χ3v) is 5.72. The summed E-state index contributed by atoms with van der Waals surface area (Å²) in [6.45, 7) is 4.51. The van der Waals surface area contributed by atoms with Gasteiger partial charge in [-0.15, -0.1) is 5.10 Å². The average Bonchev–Trinajstić information content (AvgIpc) is 2.93. The molecule has 19 heavy (non-hydrogen) atoms. The van der Waals surface area contributed by atoms with Crippen LogP contribution in [0.4, 0.5) is 0 Å². The number of aromatic nitrogens is 3. The molecule has 0 aromatic carbocycles. The average molecular weight is 352 g/mol. The molecule has 0 saturated carbocycles. The summed E-state index contributed by atoms with van der Waals surface area (Å²) in [4.78, 5) is 2.29. The molecule has 1 aromatic heterocycles. The van der Waals surface area contributed by atoms with Crippen LogP contribution in [0.25, 0.3) is 0 Å². The second-order valence-electron chi connectivity index (χ2n) is 4.59. The van der Waals surface area contributed by atoms with E-state index in [-0.39, 0.29) is 15.7 Å². The number of halogens is 1. The van der Waals surface area contributed by atoms with Crippen molar-refractivity contribution in [1.29, 1.82) is 0 Å². The fourth-order valence-corrected chi connectivity index (χ4v) is 4.59. The van der Waals surface area contributed by atoms with Gasteiger partial charge in [0.2, 0.25) is 5.03 Å². The maximum atomic E-state index is 12.2. The molecular weight excluding hydrogens is 334 g/mol. The van der Waals surface area contributed by atoms with E-state index in [1.807, 2.05) is 0 Å². The van der Waals surface area contributed by atoms with Crippen LogP contribution in [0.15, 0.2) is 9.63 Å². The second-order valence-corrected chi connectivity index (χ2v) is 7.02. The van der Waals surface area contributed by atoms with Gasteiger partial charge in [-0.05, 0) is 41.9 Å². The van der Waals surface area contributed by atoms with Crippen molar-refractivity contribution >= 4 is 26.0 Å². The van der Waals surface area contributed by atoms with Gasteiger partial charge in [0, 0.05) is 19.6 Å².